The Morgan fingerprint density at radius 1 is 0.947 bits per heavy atom. The lowest BCUT2D eigenvalue weighted by molar-refractivity contribution is 0.279. The molecule has 1 rings (SSSR count). The van der Waals surface area contributed by atoms with E-state index in [1.807, 2.05) is 0 Å². The minimum atomic E-state index is -6.12. The van der Waals surface area contributed by atoms with E-state index in [2.05, 4.69) is 0 Å². The molecular weight excluding hydrogens is 304 g/mol. The zero-order chi connectivity index (χ0) is 15.2. The molecule has 1 aromatic rings. The minimum Gasteiger partial charge on any atom is -0.282 e. The number of hydrogen-bond donors (Lipinski definition) is 1. The smallest absolute Gasteiger partial charge is 0.282 e. The lowest BCUT2D eigenvalue weighted by Crippen LogP contribution is -2.32. The van der Waals surface area contributed by atoms with Gasteiger partial charge in [0, 0.05) is 0 Å². The van der Waals surface area contributed by atoms with E-state index in [0.717, 1.165) is 0 Å². The summed E-state index contributed by atoms with van der Waals surface area (Å²) < 4.78 is 108. The van der Waals surface area contributed by atoms with Crippen LogP contribution in [0.5, 0.6) is 0 Å². The van der Waals surface area contributed by atoms with E-state index in [1.165, 1.54) is 0 Å². The van der Waals surface area contributed by atoms with Gasteiger partial charge in [-0.2, -0.15) is 13.7 Å². The van der Waals surface area contributed by atoms with E-state index in [0.29, 0.717) is 0 Å². The molecule has 1 unspecified atom stereocenters. The molecule has 0 radical (unpaired) electrons. The Kier molecular flexibility index (Phi) is 3.53. The SMILES string of the molecule is N#CC(F)(c1c(F)c(F)c(F)c(F)c1F)S(=O)(=O)O. The van der Waals surface area contributed by atoms with E-state index in [4.69, 9.17) is 9.81 Å². The highest BCUT2D eigenvalue weighted by atomic mass is 32.2. The second kappa shape index (κ2) is 4.39. The van der Waals surface area contributed by atoms with Gasteiger partial charge < -0.3 is 0 Å². The molecule has 0 aliphatic rings. The predicted octanol–water partition coefficient (Wildman–Crippen LogP) is 1.92. The van der Waals surface area contributed by atoms with Crippen LogP contribution in [-0.2, 0) is 15.1 Å². The third-order valence-electron chi connectivity index (χ3n) is 2.03. The second-order valence-electron chi connectivity index (χ2n) is 3.13. The molecule has 104 valence electrons. The zero-order valence-electron chi connectivity index (χ0n) is 8.39. The third kappa shape index (κ3) is 2.02. The van der Waals surface area contributed by atoms with Gasteiger partial charge >= 0.3 is 15.1 Å². The molecule has 0 saturated carbocycles. The highest BCUT2D eigenvalue weighted by Gasteiger charge is 2.52. The molecular formula is C8HF6NO3S. The molecule has 0 bridgehead atoms. The number of alkyl halides is 1. The van der Waals surface area contributed by atoms with Crippen LogP contribution >= 0.6 is 0 Å². The van der Waals surface area contributed by atoms with Gasteiger partial charge in [-0.15, -0.1) is 0 Å². The lowest BCUT2D eigenvalue weighted by Gasteiger charge is -2.16. The van der Waals surface area contributed by atoms with Crippen molar-refractivity contribution in [3.8, 4) is 6.07 Å². The van der Waals surface area contributed by atoms with Gasteiger partial charge in [0.05, 0.1) is 5.56 Å². The van der Waals surface area contributed by atoms with Gasteiger partial charge in [0.1, 0.15) is 6.07 Å². The summed E-state index contributed by atoms with van der Waals surface area (Å²) in [6, 6.07) is 0.150. The summed E-state index contributed by atoms with van der Waals surface area (Å²) in [5.74, 6) is -13.7. The Bertz CT molecular complexity index is 668. The molecule has 0 aliphatic heterocycles. The van der Waals surface area contributed by atoms with Crippen LogP contribution in [0.3, 0.4) is 0 Å². The second-order valence-corrected chi connectivity index (χ2v) is 4.64. The Hall–Kier alpha value is -1.80. The number of halogens is 6. The van der Waals surface area contributed by atoms with E-state index in [9.17, 15) is 34.8 Å². The monoisotopic (exact) mass is 305 g/mol. The topological polar surface area (TPSA) is 78.2 Å². The molecule has 11 heteroatoms. The van der Waals surface area contributed by atoms with E-state index in [-0.39, 0.29) is 6.07 Å². The maximum Gasteiger partial charge on any atom is 0.349 e. The molecule has 0 aliphatic carbocycles. The van der Waals surface area contributed by atoms with E-state index in [1.54, 1.807) is 0 Å². The van der Waals surface area contributed by atoms with Gasteiger partial charge in [-0.1, -0.05) is 0 Å². The lowest BCUT2D eigenvalue weighted by atomic mass is 10.1. The van der Waals surface area contributed by atoms with Crippen molar-refractivity contribution in [2.24, 2.45) is 0 Å². The summed E-state index contributed by atoms with van der Waals surface area (Å²) in [6.45, 7) is 0. The quantitative estimate of drug-likeness (QED) is 0.392. The first kappa shape index (κ1) is 15.3. The predicted molar refractivity (Wildman–Crippen MR) is 46.2 cm³/mol. The summed E-state index contributed by atoms with van der Waals surface area (Å²) in [5, 5.41) is 3.40. The number of hydrogen-bond acceptors (Lipinski definition) is 3. The van der Waals surface area contributed by atoms with Gasteiger partial charge in [-0.25, -0.2) is 26.3 Å². The van der Waals surface area contributed by atoms with Gasteiger partial charge in [0.2, 0.25) is 5.82 Å². The summed E-state index contributed by atoms with van der Waals surface area (Å²) in [7, 11) is -6.12. The van der Waals surface area contributed by atoms with Crippen LogP contribution in [0.2, 0.25) is 0 Å². The molecule has 0 amide bonds. The molecule has 19 heavy (non-hydrogen) atoms. The fourth-order valence-corrected chi connectivity index (χ4v) is 1.68. The third-order valence-corrected chi connectivity index (χ3v) is 3.04. The van der Waals surface area contributed by atoms with Crippen LogP contribution in [0, 0.1) is 40.4 Å². The van der Waals surface area contributed by atoms with Crippen molar-refractivity contribution in [3.05, 3.63) is 34.6 Å². The molecule has 0 heterocycles. The van der Waals surface area contributed by atoms with Crippen molar-refractivity contribution in [3.63, 3.8) is 0 Å². The minimum absolute atomic E-state index is 0.150. The van der Waals surface area contributed by atoms with Crippen LogP contribution in [-0.4, -0.2) is 13.0 Å². The van der Waals surface area contributed by atoms with E-state index < -0.39 is 49.8 Å². The summed E-state index contributed by atoms with van der Waals surface area (Å²) in [5.41, 5.74) is -2.60. The fourth-order valence-electron chi connectivity index (χ4n) is 1.13. The van der Waals surface area contributed by atoms with Crippen molar-refractivity contribution in [2.75, 3.05) is 0 Å². The Morgan fingerprint density at radius 2 is 1.26 bits per heavy atom. The van der Waals surface area contributed by atoms with Gasteiger partial charge in [-0.05, 0) is 0 Å². The molecule has 0 spiro atoms. The Morgan fingerprint density at radius 3 is 1.53 bits per heavy atom. The van der Waals surface area contributed by atoms with Crippen molar-refractivity contribution in [1.82, 2.24) is 0 Å². The first-order chi connectivity index (χ1) is 8.49. The summed E-state index contributed by atoms with van der Waals surface area (Å²) in [6.07, 6.45) is 0. The van der Waals surface area contributed by atoms with Crippen molar-refractivity contribution >= 4 is 10.1 Å². The number of rotatable bonds is 2. The molecule has 1 aromatic carbocycles. The molecule has 0 saturated heterocycles. The number of nitriles is 1. The Balaban J connectivity index is 3.96. The molecule has 1 N–H and O–H groups in total. The van der Waals surface area contributed by atoms with Crippen molar-refractivity contribution in [1.29, 1.82) is 5.26 Å². The zero-order valence-corrected chi connectivity index (χ0v) is 9.20. The molecule has 0 aromatic heterocycles. The average molecular weight is 305 g/mol. The Labute approximate surface area is 101 Å². The highest BCUT2D eigenvalue weighted by molar-refractivity contribution is 7.86. The molecule has 0 fully saturated rings. The van der Waals surface area contributed by atoms with Gasteiger partial charge in [0.15, 0.2) is 23.3 Å². The molecule has 1 atom stereocenters. The first-order valence-corrected chi connectivity index (χ1v) is 5.52. The van der Waals surface area contributed by atoms with Crippen LogP contribution in [0.4, 0.5) is 26.3 Å². The van der Waals surface area contributed by atoms with Crippen molar-refractivity contribution in [2.45, 2.75) is 5.00 Å². The first-order valence-electron chi connectivity index (χ1n) is 4.08. The van der Waals surface area contributed by atoms with Crippen LogP contribution in [0.25, 0.3) is 0 Å². The van der Waals surface area contributed by atoms with E-state index >= 15 is 0 Å². The largest absolute Gasteiger partial charge is 0.349 e. The highest BCUT2D eigenvalue weighted by Crippen LogP contribution is 2.37. The standard InChI is InChI=1S/C8HF6NO3S/c9-3-2(8(14,1-15)19(16,17)18)4(10)6(12)7(13)5(3)11/h(H,16,17,18). The maximum absolute atomic E-state index is 13.6. The fraction of sp³-hybridized carbons (Fsp3) is 0.125. The summed E-state index contributed by atoms with van der Waals surface area (Å²) >= 11 is 0. The number of benzene rings is 1. The van der Waals surface area contributed by atoms with Crippen LogP contribution < -0.4 is 0 Å². The van der Waals surface area contributed by atoms with Crippen molar-refractivity contribution < 1.29 is 39.3 Å². The van der Waals surface area contributed by atoms with Gasteiger partial charge in [-0.3, -0.25) is 4.55 Å². The average Bonchev–Trinajstić information content (AvgIpc) is 2.32. The maximum atomic E-state index is 13.6. The normalized spacial score (nSPS) is 14.8. The van der Waals surface area contributed by atoms with Gasteiger partial charge in [0.25, 0.3) is 0 Å². The summed E-state index contributed by atoms with van der Waals surface area (Å²) in [4.78, 5) is 0. The molecule has 4 nitrogen and oxygen atoms in total. The van der Waals surface area contributed by atoms with Crippen LogP contribution in [0.15, 0.2) is 0 Å². The van der Waals surface area contributed by atoms with Crippen LogP contribution in [0.1, 0.15) is 5.56 Å². The number of nitrogens with zero attached hydrogens (tertiary/aromatic N) is 1.